The summed E-state index contributed by atoms with van der Waals surface area (Å²) in [5.41, 5.74) is 1.07. The highest BCUT2D eigenvalue weighted by molar-refractivity contribution is 5.88. The molecule has 1 N–H and O–H groups in total. The summed E-state index contributed by atoms with van der Waals surface area (Å²) in [6.45, 7) is 8.70. The Morgan fingerprint density at radius 3 is 2.69 bits per heavy atom. The standard InChI is InChI=1S/C13H24N2O/c1-4-15(13(16)9-11(2)3)10-12-7-5-6-8-14-12/h9,12,14H,4-8,10H2,1-3H3. The second kappa shape index (κ2) is 6.69. The van der Waals surface area contributed by atoms with E-state index in [2.05, 4.69) is 5.32 Å². The van der Waals surface area contributed by atoms with Crippen molar-refractivity contribution in [2.24, 2.45) is 0 Å². The molecule has 1 unspecified atom stereocenters. The molecule has 16 heavy (non-hydrogen) atoms. The molecule has 1 rings (SSSR count). The molecular formula is C13H24N2O. The molecule has 1 atom stereocenters. The minimum atomic E-state index is 0.148. The molecule has 0 aromatic heterocycles. The summed E-state index contributed by atoms with van der Waals surface area (Å²) in [6.07, 6.45) is 5.47. The molecule has 1 amide bonds. The molecule has 3 nitrogen and oxygen atoms in total. The van der Waals surface area contributed by atoms with Crippen molar-refractivity contribution in [3.05, 3.63) is 11.6 Å². The molecule has 1 aliphatic heterocycles. The van der Waals surface area contributed by atoms with Crippen LogP contribution in [0.5, 0.6) is 0 Å². The number of carbonyl (C=O) groups excluding carboxylic acids is 1. The van der Waals surface area contributed by atoms with Gasteiger partial charge in [0.1, 0.15) is 0 Å². The largest absolute Gasteiger partial charge is 0.338 e. The highest BCUT2D eigenvalue weighted by Crippen LogP contribution is 2.09. The van der Waals surface area contributed by atoms with Crippen LogP contribution in [0.15, 0.2) is 11.6 Å². The Morgan fingerprint density at radius 1 is 1.44 bits per heavy atom. The minimum absolute atomic E-state index is 0.148. The number of nitrogens with one attached hydrogen (secondary N) is 1. The van der Waals surface area contributed by atoms with Gasteiger partial charge in [-0.15, -0.1) is 0 Å². The van der Waals surface area contributed by atoms with Gasteiger partial charge in [-0.2, -0.15) is 0 Å². The fraction of sp³-hybridized carbons (Fsp3) is 0.769. The lowest BCUT2D eigenvalue weighted by Crippen LogP contribution is -2.45. The summed E-state index contributed by atoms with van der Waals surface area (Å²) in [4.78, 5) is 13.8. The molecule has 0 aromatic carbocycles. The third kappa shape index (κ3) is 4.35. The first-order valence-corrected chi connectivity index (χ1v) is 6.30. The van der Waals surface area contributed by atoms with Crippen LogP contribution in [0.4, 0.5) is 0 Å². The van der Waals surface area contributed by atoms with Gasteiger partial charge in [0.05, 0.1) is 0 Å². The second-order valence-corrected chi connectivity index (χ2v) is 4.75. The van der Waals surface area contributed by atoms with Crippen molar-refractivity contribution in [1.82, 2.24) is 10.2 Å². The van der Waals surface area contributed by atoms with Gasteiger partial charge in [0, 0.05) is 25.2 Å². The van der Waals surface area contributed by atoms with Crippen molar-refractivity contribution in [3.8, 4) is 0 Å². The Kier molecular flexibility index (Phi) is 5.53. The second-order valence-electron chi connectivity index (χ2n) is 4.75. The first-order chi connectivity index (χ1) is 7.63. The molecule has 1 saturated heterocycles. The van der Waals surface area contributed by atoms with Crippen molar-refractivity contribution in [2.45, 2.75) is 46.1 Å². The average Bonchev–Trinajstić information content (AvgIpc) is 2.26. The molecule has 0 saturated carbocycles. The summed E-state index contributed by atoms with van der Waals surface area (Å²) in [7, 11) is 0. The van der Waals surface area contributed by atoms with Crippen molar-refractivity contribution >= 4 is 5.91 Å². The molecular weight excluding hydrogens is 200 g/mol. The number of piperidine rings is 1. The van der Waals surface area contributed by atoms with Crippen LogP contribution in [-0.2, 0) is 4.79 Å². The Hall–Kier alpha value is -0.830. The van der Waals surface area contributed by atoms with Gasteiger partial charge in [0.15, 0.2) is 0 Å². The maximum Gasteiger partial charge on any atom is 0.246 e. The molecule has 1 aliphatic rings. The Balaban J connectivity index is 2.47. The minimum Gasteiger partial charge on any atom is -0.338 e. The quantitative estimate of drug-likeness (QED) is 0.740. The molecule has 1 heterocycles. The fourth-order valence-corrected chi connectivity index (χ4v) is 2.06. The van der Waals surface area contributed by atoms with Gasteiger partial charge in [0.2, 0.25) is 5.91 Å². The Bertz CT molecular complexity index is 251. The number of rotatable bonds is 4. The molecule has 3 heteroatoms. The predicted molar refractivity (Wildman–Crippen MR) is 67.3 cm³/mol. The van der Waals surface area contributed by atoms with Crippen LogP contribution in [0.1, 0.15) is 40.0 Å². The van der Waals surface area contributed by atoms with E-state index in [9.17, 15) is 4.79 Å². The molecule has 0 spiro atoms. The van der Waals surface area contributed by atoms with E-state index < -0.39 is 0 Å². The van der Waals surface area contributed by atoms with Crippen molar-refractivity contribution in [1.29, 1.82) is 0 Å². The van der Waals surface area contributed by atoms with Crippen molar-refractivity contribution < 1.29 is 4.79 Å². The molecule has 0 bridgehead atoms. The van der Waals surface area contributed by atoms with E-state index in [0.29, 0.717) is 6.04 Å². The van der Waals surface area contributed by atoms with Crippen LogP contribution < -0.4 is 5.32 Å². The third-order valence-electron chi connectivity index (χ3n) is 2.96. The van der Waals surface area contributed by atoms with Crippen LogP contribution in [0, 0.1) is 0 Å². The zero-order valence-corrected chi connectivity index (χ0v) is 10.8. The fourth-order valence-electron chi connectivity index (χ4n) is 2.06. The summed E-state index contributed by atoms with van der Waals surface area (Å²) < 4.78 is 0. The molecule has 1 fully saturated rings. The molecule has 0 aromatic rings. The molecule has 0 aliphatic carbocycles. The number of hydrogen-bond acceptors (Lipinski definition) is 2. The van der Waals surface area contributed by atoms with Gasteiger partial charge < -0.3 is 10.2 Å². The van der Waals surface area contributed by atoms with Crippen molar-refractivity contribution in [3.63, 3.8) is 0 Å². The zero-order chi connectivity index (χ0) is 12.0. The third-order valence-corrected chi connectivity index (χ3v) is 2.96. The maximum absolute atomic E-state index is 11.9. The summed E-state index contributed by atoms with van der Waals surface area (Å²) in [6, 6.07) is 0.489. The van der Waals surface area contributed by atoms with E-state index in [1.54, 1.807) is 6.08 Å². The highest BCUT2D eigenvalue weighted by Gasteiger charge is 2.17. The first kappa shape index (κ1) is 13.2. The van der Waals surface area contributed by atoms with Crippen LogP contribution in [0.25, 0.3) is 0 Å². The van der Waals surface area contributed by atoms with E-state index in [1.807, 2.05) is 25.7 Å². The van der Waals surface area contributed by atoms with Crippen LogP contribution in [-0.4, -0.2) is 36.5 Å². The molecule has 0 radical (unpaired) electrons. The van der Waals surface area contributed by atoms with Gasteiger partial charge in [-0.1, -0.05) is 12.0 Å². The lowest BCUT2D eigenvalue weighted by molar-refractivity contribution is -0.126. The van der Waals surface area contributed by atoms with Gasteiger partial charge in [-0.3, -0.25) is 4.79 Å². The molecule has 92 valence electrons. The van der Waals surface area contributed by atoms with Gasteiger partial charge >= 0.3 is 0 Å². The smallest absolute Gasteiger partial charge is 0.246 e. The number of allylic oxidation sites excluding steroid dienone is 1. The number of nitrogens with zero attached hydrogens (tertiary/aromatic N) is 1. The normalized spacial score (nSPS) is 20.3. The maximum atomic E-state index is 11.9. The first-order valence-electron chi connectivity index (χ1n) is 6.30. The Labute approximate surface area is 98.9 Å². The van der Waals surface area contributed by atoms with E-state index in [4.69, 9.17) is 0 Å². The summed E-state index contributed by atoms with van der Waals surface area (Å²) in [5, 5.41) is 3.48. The van der Waals surface area contributed by atoms with E-state index in [0.717, 1.165) is 25.2 Å². The number of hydrogen-bond donors (Lipinski definition) is 1. The summed E-state index contributed by atoms with van der Waals surface area (Å²) >= 11 is 0. The average molecular weight is 224 g/mol. The topological polar surface area (TPSA) is 32.3 Å². The number of likely N-dealkylation sites (N-methyl/N-ethyl adjacent to an activating group) is 1. The van der Waals surface area contributed by atoms with E-state index >= 15 is 0 Å². The monoisotopic (exact) mass is 224 g/mol. The number of amides is 1. The van der Waals surface area contributed by atoms with Crippen molar-refractivity contribution in [2.75, 3.05) is 19.6 Å². The lowest BCUT2D eigenvalue weighted by Gasteiger charge is -2.29. The van der Waals surface area contributed by atoms with Gasteiger partial charge in [0.25, 0.3) is 0 Å². The predicted octanol–water partition coefficient (Wildman–Crippen LogP) is 1.94. The number of carbonyl (C=O) groups is 1. The SMILES string of the molecule is CCN(CC1CCCCN1)C(=O)C=C(C)C. The van der Waals surface area contributed by atoms with E-state index in [1.165, 1.54) is 19.3 Å². The zero-order valence-electron chi connectivity index (χ0n) is 10.8. The highest BCUT2D eigenvalue weighted by atomic mass is 16.2. The van der Waals surface area contributed by atoms with Crippen LogP contribution >= 0.6 is 0 Å². The lowest BCUT2D eigenvalue weighted by atomic mass is 10.0. The van der Waals surface area contributed by atoms with Gasteiger partial charge in [-0.05, 0) is 40.2 Å². The van der Waals surface area contributed by atoms with Gasteiger partial charge in [-0.25, -0.2) is 0 Å². The van der Waals surface area contributed by atoms with Crippen LogP contribution in [0.2, 0.25) is 0 Å². The Morgan fingerprint density at radius 2 is 2.19 bits per heavy atom. The van der Waals surface area contributed by atoms with Crippen LogP contribution in [0.3, 0.4) is 0 Å². The summed E-state index contributed by atoms with van der Waals surface area (Å²) in [5.74, 6) is 0.148. The van der Waals surface area contributed by atoms with E-state index in [-0.39, 0.29) is 5.91 Å².